The van der Waals surface area contributed by atoms with Crippen molar-refractivity contribution in [3.63, 3.8) is 0 Å². The predicted molar refractivity (Wildman–Crippen MR) is 104 cm³/mol. The topological polar surface area (TPSA) is 73.5 Å². The molecule has 0 aliphatic carbocycles. The maximum atomic E-state index is 12.3. The molecule has 1 saturated heterocycles. The van der Waals surface area contributed by atoms with Gasteiger partial charge in [-0.1, -0.05) is 35.9 Å². The van der Waals surface area contributed by atoms with E-state index in [4.69, 9.17) is 11.6 Å². The molecule has 1 aliphatic rings. The molecule has 1 aliphatic heterocycles. The minimum atomic E-state index is -0.224. The number of hydrogen-bond acceptors (Lipinski definition) is 2. The van der Waals surface area contributed by atoms with Crippen molar-refractivity contribution >= 4 is 35.0 Å². The summed E-state index contributed by atoms with van der Waals surface area (Å²) in [5.74, 6) is 0. The monoisotopic (exact) mass is 372 g/mol. The smallest absolute Gasteiger partial charge is 0.321 e. The van der Waals surface area contributed by atoms with Crippen LogP contribution in [0, 0.1) is 0 Å². The Morgan fingerprint density at radius 1 is 0.923 bits per heavy atom. The molecule has 4 amide bonds. The van der Waals surface area contributed by atoms with E-state index in [0.29, 0.717) is 36.6 Å². The zero-order valence-electron chi connectivity index (χ0n) is 14.2. The molecule has 0 radical (unpaired) electrons. The van der Waals surface area contributed by atoms with Crippen LogP contribution in [-0.4, -0.2) is 36.1 Å². The average Bonchev–Trinajstić information content (AvgIpc) is 2.63. The normalized spacial score (nSPS) is 14.6. The Morgan fingerprint density at radius 2 is 1.62 bits per heavy atom. The highest BCUT2D eigenvalue weighted by molar-refractivity contribution is 6.30. The van der Waals surface area contributed by atoms with Gasteiger partial charge in [-0.3, -0.25) is 0 Å². The molecular weight excluding hydrogens is 352 g/mol. The molecule has 0 atom stereocenters. The van der Waals surface area contributed by atoms with Crippen LogP contribution in [0.3, 0.4) is 0 Å². The fourth-order valence-electron chi connectivity index (χ4n) is 2.87. The number of nitrogens with zero attached hydrogens (tertiary/aromatic N) is 1. The van der Waals surface area contributed by atoms with Crippen LogP contribution >= 0.6 is 11.6 Å². The van der Waals surface area contributed by atoms with Gasteiger partial charge in [-0.25, -0.2) is 9.59 Å². The first-order valence-electron chi connectivity index (χ1n) is 8.54. The second-order valence-electron chi connectivity index (χ2n) is 6.17. The van der Waals surface area contributed by atoms with Crippen LogP contribution in [0.5, 0.6) is 0 Å². The van der Waals surface area contributed by atoms with Gasteiger partial charge < -0.3 is 20.9 Å². The second kappa shape index (κ2) is 8.58. The number of urea groups is 2. The summed E-state index contributed by atoms with van der Waals surface area (Å²) in [6.07, 6.45) is 1.43. The van der Waals surface area contributed by atoms with Crippen LogP contribution in [-0.2, 0) is 0 Å². The van der Waals surface area contributed by atoms with Crippen LogP contribution in [0.2, 0.25) is 5.02 Å². The number of para-hydroxylation sites is 1. The second-order valence-corrected chi connectivity index (χ2v) is 6.60. The van der Waals surface area contributed by atoms with Crippen molar-refractivity contribution < 1.29 is 9.59 Å². The van der Waals surface area contributed by atoms with Crippen LogP contribution in [0.25, 0.3) is 0 Å². The van der Waals surface area contributed by atoms with E-state index in [0.717, 1.165) is 5.69 Å². The standard InChI is InChI=1S/C19H21ClN4O2/c20-14-5-4-8-17(13-14)23-19(26)24-11-9-16(10-12-24)22-18(25)21-15-6-2-1-3-7-15/h1-8,13,16H,9-12H2,(H,23,26)(H2,21,22,25). The largest absolute Gasteiger partial charge is 0.335 e. The quantitative estimate of drug-likeness (QED) is 0.756. The van der Waals surface area contributed by atoms with Gasteiger partial charge in [0.05, 0.1) is 0 Å². The summed E-state index contributed by atoms with van der Waals surface area (Å²) in [6.45, 7) is 1.17. The summed E-state index contributed by atoms with van der Waals surface area (Å²) in [7, 11) is 0. The highest BCUT2D eigenvalue weighted by atomic mass is 35.5. The first kappa shape index (κ1) is 18.1. The molecule has 0 aromatic heterocycles. The molecule has 1 heterocycles. The molecule has 3 N–H and O–H groups in total. The molecule has 2 aromatic rings. The van der Waals surface area contributed by atoms with E-state index in [2.05, 4.69) is 16.0 Å². The molecule has 0 saturated carbocycles. The summed E-state index contributed by atoms with van der Waals surface area (Å²) in [4.78, 5) is 26.1. The SMILES string of the molecule is O=C(Nc1ccccc1)NC1CCN(C(=O)Nc2cccc(Cl)c2)CC1. The third-order valence-corrected chi connectivity index (χ3v) is 4.46. The van der Waals surface area contributed by atoms with Crippen molar-refractivity contribution in [2.75, 3.05) is 23.7 Å². The van der Waals surface area contributed by atoms with Gasteiger partial charge in [0.15, 0.2) is 0 Å². The van der Waals surface area contributed by atoms with Gasteiger partial charge in [-0.2, -0.15) is 0 Å². The molecule has 2 aromatic carbocycles. The van der Waals surface area contributed by atoms with Gasteiger partial charge >= 0.3 is 12.1 Å². The van der Waals surface area contributed by atoms with Gasteiger partial charge in [0.2, 0.25) is 0 Å². The van der Waals surface area contributed by atoms with Crippen LogP contribution in [0.15, 0.2) is 54.6 Å². The Kier molecular flexibility index (Phi) is 5.96. The van der Waals surface area contributed by atoms with Crippen molar-refractivity contribution in [3.8, 4) is 0 Å². The highest BCUT2D eigenvalue weighted by Gasteiger charge is 2.24. The maximum absolute atomic E-state index is 12.3. The Hall–Kier alpha value is -2.73. The number of benzene rings is 2. The predicted octanol–water partition coefficient (Wildman–Crippen LogP) is 4.16. The lowest BCUT2D eigenvalue weighted by Gasteiger charge is -2.32. The molecule has 0 spiro atoms. The van der Waals surface area contributed by atoms with Crippen molar-refractivity contribution in [2.45, 2.75) is 18.9 Å². The van der Waals surface area contributed by atoms with Gasteiger partial charge in [-0.05, 0) is 43.2 Å². The van der Waals surface area contributed by atoms with E-state index < -0.39 is 0 Å². The summed E-state index contributed by atoms with van der Waals surface area (Å²) < 4.78 is 0. The number of carbonyl (C=O) groups is 2. The molecule has 26 heavy (non-hydrogen) atoms. The number of nitrogens with one attached hydrogen (secondary N) is 3. The fraction of sp³-hybridized carbons (Fsp3) is 0.263. The fourth-order valence-corrected chi connectivity index (χ4v) is 3.06. The minimum Gasteiger partial charge on any atom is -0.335 e. The summed E-state index contributed by atoms with van der Waals surface area (Å²) in [5.41, 5.74) is 1.42. The first-order chi connectivity index (χ1) is 12.6. The number of piperidine rings is 1. The number of carbonyl (C=O) groups excluding carboxylic acids is 2. The first-order valence-corrected chi connectivity index (χ1v) is 8.92. The highest BCUT2D eigenvalue weighted by Crippen LogP contribution is 2.17. The number of halogens is 1. The molecule has 6 nitrogen and oxygen atoms in total. The van der Waals surface area contributed by atoms with E-state index >= 15 is 0 Å². The molecular formula is C19H21ClN4O2. The molecule has 0 unspecified atom stereocenters. The van der Waals surface area contributed by atoms with E-state index in [1.807, 2.05) is 30.3 Å². The zero-order valence-corrected chi connectivity index (χ0v) is 15.0. The number of anilines is 2. The summed E-state index contributed by atoms with van der Waals surface area (Å²) in [6, 6.07) is 16.0. The van der Waals surface area contributed by atoms with Crippen molar-refractivity contribution in [3.05, 3.63) is 59.6 Å². The minimum absolute atomic E-state index is 0.0499. The van der Waals surface area contributed by atoms with E-state index in [1.165, 1.54) is 0 Å². The van der Waals surface area contributed by atoms with Gasteiger partial charge in [0.1, 0.15) is 0 Å². The maximum Gasteiger partial charge on any atom is 0.321 e. The lowest BCUT2D eigenvalue weighted by atomic mass is 10.1. The number of likely N-dealkylation sites (tertiary alicyclic amines) is 1. The van der Waals surface area contributed by atoms with Crippen molar-refractivity contribution in [1.29, 1.82) is 0 Å². The van der Waals surface area contributed by atoms with Crippen LogP contribution in [0.4, 0.5) is 21.0 Å². The third-order valence-electron chi connectivity index (χ3n) is 4.22. The molecule has 7 heteroatoms. The molecule has 0 bridgehead atoms. The van der Waals surface area contributed by atoms with E-state index in [1.54, 1.807) is 29.2 Å². The van der Waals surface area contributed by atoms with Crippen molar-refractivity contribution in [1.82, 2.24) is 10.2 Å². The Labute approximate surface area is 157 Å². The lowest BCUT2D eigenvalue weighted by molar-refractivity contribution is 0.189. The van der Waals surface area contributed by atoms with Crippen LogP contribution < -0.4 is 16.0 Å². The van der Waals surface area contributed by atoms with Gasteiger partial charge in [-0.15, -0.1) is 0 Å². The van der Waals surface area contributed by atoms with E-state index in [-0.39, 0.29) is 18.1 Å². The molecule has 136 valence electrons. The molecule has 3 rings (SSSR count). The Balaban J connectivity index is 1.43. The lowest BCUT2D eigenvalue weighted by Crippen LogP contribution is -2.48. The average molecular weight is 373 g/mol. The van der Waals surface area contributed by atoms with Gasteiger partial charge in [0.25, 0.3) is 0 Å². The summed E-state index contributed by atoms with van der Waals surface area (Å²) >= 11 is 5.93. The number of amides is 4. The van der Waals surface area contributed by atoms with E-state index in [9.17, 15) is 9.59 Å². The Morgan fingerprint density at radius 3 is 2.31 bits per heavy atom. The number of rotatable bonds is 3. The Bertz CT molecular complexity index is 761. The summed E-state index contributed by atoms with van der Waals surface area (Å²) in [5, 5.41) is 9.19. The third kappa shape index (κ3) is 5.13. The van der Waals surface area contributed by atoms with Gasteiger partial charge in [0, 0.05) is 35.5 Å². The van der Waals surface area contributed by atoms with Crippen LogP contribution in [0.1, 0.15) is 12.8 Å². The zero-order chi connectivity index (χ0) is 18.4. The van der Waals surface area contributed by atoms with Crippen molar-refractivity contribution in [2.24, 2.45) is 0 Å². The molecule has 1 fully saturated rings. The number of hydrogen-bond donors (Lipinski definition) is 3.